The molecule has 1 heterocycles. The highest BCUT2D eigenvalue weighted by molar-refractivity contribution is 7.12. The Kier molecular flexibility index (Phi) is 5.53. The summed E-state index contributed by atoms with van der Waals surface area (Å²) < 4.78 is 0. The van der Waals surface area contributed by atoms with Crippen LogP contribution in [-0.2, 0) is 0 Å². The minimum Gasteiger partial charge on any atom is -0.321 e. The Bertz CT molecular complexity index is 1010. The molecule has 2 aromatic carbocycles. The number of carbonyl (C=O) groups excluding carboxylic acids is 2. The number of nitrogens with zero attached hydrogens (tertiary/aromatic N) is 1. The molecule has 0 unspecified atom stereocenters. The van der Waals surface area contributed by atoms with Crippen molar-refractivity contribution in [3.63, 3.8) is 0 Å². The zero-order chi connectivity index (χ0) is 19.2. The maximum atomic E-state index is 12.3. The fourth-order valence-corrected chi connectivity index (χ4v) is 2.95. The molecule has 3 aromatic rings. The van der Waals surface area contributed by atoms with Crippen molar-refractivity contribution < 1.29 is 14.5 Å². The van der Waals surface area contributed by atoms with E-state index in [0.717, 1.165) is 0 Å². The van der Waals surface area contributed by atoms with Gasteiger partial charge in [-0.1, -0.05) is 24.3 Å². The Balaban J connectivity index is 1.66. The minimum absolute atomic E-state index is 0.0320. The number of anilines is 1. The van der Waals surface area contributed by atoms with Gasteiger partial charge in [-0.05, 0) is 47.4 Å². The largest absolute Gasteiger partial charge is 0.321 e. The molecule has 0 saturated carbocycles. The van der Waals surface area contributed by atoms with Gasteiger partial charge in [-0.3, -0.25) is 19.7 Å². The Morgan fingerprint density at radius 3 is 2.48 bits per heavy atom. The normalized spacial score (nSPS) is 10.7. The van der Waals surface area contributed by atoms with E-state index >= 15 is 0 Å². The summed E-state index contributed by atoms with van der Waals surface area (Å²) in [6, 6.07) is 16.1. The third-order valence-corrected chi connectivity index (χ3v) is 4.55. The van der Waals surface area contributed by atoms with E-state index in [0.29, 0.717) is 21.7 Å². The van der Waals surface area contributed by atoms with Gasteiger partial charge in [0.15, 0.2) is 5.78 Å². The lowest BCUT2D eigenvalue weighted by atomic mass is 10.1. The lowest BCUT2D eigenvalue weighted by Gasteiger charge is -2.04. The monoisotopic (exact) mass is 378 g/mol. The number of non-ortho nitro benzene ring substituents is 1. The summed E-state index contributed by atoms with van der Waals surface area (Å²) in [5.41, 5.74) is 1.58. The minimum atomic E-state index is -0.484. The Morgan fingerprint density at radius 1 is 1.04 bits per heavy atom. The van der Waals surface area contributed by atoms with Crippen molar-refractivity contribution in [3.8, 4) is 0 Å². The van der Waals surface area contributed by atoms with Crippen molar-refractivity contribution in [2.75, 3.05) is 5.32 Å². The van der Waals surface area contributed by atoms with Crippen LogP contribution >= 0.6 is 11.3 Å². The number of hydrogen-bond acceptors (Lipinski definition) is 5. The van der Waals surface area contributed by atoms with Crippen LogP contribution in [0.25, 0.3) is 6.08 Å². The predicted octanol–water partition coefficient (Wildman–Crippen LogP) is 4.80. The van der Waals surface area contributed by atoms with Gasteiger partial charge in [-0.15, -0.1) is 11.3 Å². The quantitative estimate of drug-likeness (QED) is 0.289. The van der Waals surface area contributed by atoms with Crippen molar-refractivity contribution in [1.29, 1.82) is 0 Å². The molecule has 0 aliphatic carbocycles. The average molecular weight is 378 g/mol. The molecule has 0 fully saturated rings. The number of nitro benzene ring substituents is 1. The summed E-state index contributed by atoms with van der Waals surface area (Å²) in [6.07, 6.45) is 2.89. The fraction of sp³-hybridized carbons (Fsp3) is 0. The SMILES string of the molecule is O=C(/C=C/c1cccc([N+](=O)[O-])c1)c1ccc(NC(=O)c2cccs2)cc1. The van der Waals surface area contributed by atoms with Crippen LogP contribution in [-0.4, -0.2) is 16.6 Å². The van der Waals surface area contributed by atoms with Gasteiger partial charge in [-0.2, -0.15) is 0 Å². The van der Waals surface area contributed by atoms with Crippen LogP contribution in [0.3, 0.4) is 0 Å². The second kappa shape index (κ2) is 8.20. The third kappa shape index (κ3) is 4.74. The molecule has 0 atom stereocenters. The molecule has 3 rings (SSSR count). The second-order valence-corrected chi connectivity index (χ2v) is 6.51. The molecule has 7 heteroatoms. The molecule has 0 aliphatic heterocycles. The fourth-order valence-electron chi connectivity index (χ4n) is 2.33. The van der Waals surface area contributed by atoms with Crippen molar-refractivity contribution in [2.45, 2.75) is 0 Å². The first-order valence-electron chi connectivity index (χ1n) is 7.95. The number of thiophene rings is 1. The highest BCUT2D eigenvalue weighted by atomic mass is 32.1. The maximum absolute atomic E-state index is 12.3. The van der Waals surface area contributed by atoms with E-state index in [1.165, 1.54) is 35.6 Å². The molecule has 0 spiro atoms. The van der Waals surface area contributed by atoms with E-state index in [1.54, 1.807) is 48.5 Å². The van der Waals surface area contributed by atoms with Gasteiger partial charge in [-0.25, -0.2) is 0 Å². The summed E-state index contributed by atoms with van der Waals surface area (Å²) >= 11 is 1.35. The van der Waals surface area contributed by atoms with Crippen LogP contribution in [0.4, 0.5) is 11.4 Å². The molecule has 1 amide bonds. The topological polar surface area (TPSA) is 89.3 Å². The molecule has 134 valence electrons. The predicted molar refractivity (Wildman–Crippen MR) is 105 cm³/mol. The van der Waals surface area contributed by atoms with Gasteiger partial charge >= 0.3 is 0 Å². The number of benzene rings is 2. The molecule has 0 radical (unpaired) electrons. The van der Waals surface area contributed by atoms with Gasteiger partial charge in [0.2, 0.25) is 0 Å². The molecule has 1 aromatic heterocycles. The van der Waals surface area contributed by atoms with Crippen molar-refractivity contribution in [3.05, 3.63) is 98.2 Å². The lowest BCUT2D eigenvalue weighted by molar-refractivity contribution is -0.384. The molecular weight excluding hydrogens is 364 g/mol. The number of ketones is 1. The van der Waals surface area contributed by atoms with Crippen LogP contribution in [0.1, 0.15) is 25.6 Å². The summed E-state index contributed by atoms with van der Waals surface area (Å²) in [5, 5.41) is 15.4. The number of rotatable bonds is 6. The number of nitrogens with one attached hydrogen (secondary N) is 1. The van der Waals surface area contributed by atoms with Crippen molar-refractivity contribution in [1.82, 2.24) is 0 Å². The molecule has 1 N–H and O–H groups in total. The first-order chi connectivity index (χ1) is 13.0. The first-order valence-corrected chi connectivity index (χ1v) is 8.83. The summed E-state index contributed by atoms with van der Waals surface area (Å²) in [4.78, 5) is 35.2. The van der Waals surface area contributed by atoms with Gasteiger partial charge in [0, 0.05) is 23.4 Å². The maximum Gasteiger partial charge on any atom is 0.270 e. The van der Waals surface area contributed by atoms with Gasteiger partial charge in [0.05, 0.1) is 9.80 Å². The average Bonchev–Trinajstić information content (AvgIpc) is 3.22. The van der Waals surface area contributed by atoms with Crippen molar-refractivity contribution in [2.24, 2.45) is 0 Å². The lowest BCUT2D eigenvalue weighted by Crippen LogP contribution is -2.10. The number of hydrogen-bond donors (Lipinski definition) is 1. The van der Waals surface area contributed by atoms with E-state index in [9.17, 15) is 19.7 Å². The summed E-state index contributed by atoms with van der Waals surface area (Å²) in [6.45, 7) is 0. The number of allylic oxidation sites excluding steroid dienone is 1. The summed E-state index contributed by atoms with van der Waals surface area (Å²) in [7, 11) is 0. The van der Waals surface area contributed by atoms with Crippen LogP contribution in [0.5, 0.6) is 0 Å². The Morgan fingerprint density at radius 2 is 1.81 bits per heavy atom. The van der Waals surface area contributed by atoms with Crippen LogP contribution in [0.2, 0.25) is 0 Å². The van der Waals surface area contributed by atoms with E-state index in [2.05, 4.69) is 5.32 Å². The first kappa shape index (κ1) is 18.2. The van der Waals surface area contributed by atoms with Gasteiger partial charge in [0.25, 0.3) is 11.6 Å². The van der Waals surface area contributed by atoms with Crippen LogP contribution in [0.15, 0.2) is 72.1 Å². The Hall–Kier alpha value is -3.58. The van der Waals surface area contributed by atoms with Gasteiger partial charge < -0.3 is 5.32 Å². The third-order valence-electron chi connectivity index (χ3n) is 3.68. The second-order valence-electron chi connectivity index (χ2n) is 5.56. The number of nitro groups is 1. The highest BCUT2D eigenvalue weighted by Crippen LogP contribution is 2.16. The smallest absolute Gasteiger partial charge is 0.270 e. The van der Waals surface area contributed by atoms with Crippen LogP contribution < -0.4 is 5.32 Å². The number of carbonyl (C=O) groups is 2. The zero-order valence-electron chi connectivity index (χ0n) is 14.0. The molecule has 0 aliphatic rings. The molecule has 0 bridgehead atoms. The van der Waals surface area contributed by atoms with E-state index in [4.69, 9.17) is 0 Å². The summed E-state index contributed by atoms with van der Waals surface area (Å²) in [5.74, 6) is -0.438. The van der Waals surface area contributed by atoms with Crippen LogP contribution in [0, 0.1) is 10.1 Å². The van der Waals surface area contributed by atoms with E-state index in [-0.39, 0.29) is 17.4 Å². The number of amides is 1. The molecule has 6 nitrogen and oxygen atoms in total. The van der Waals surface area contributed by atoms with E-state index in [1.807, 2.05) is 5.38 Å². The Labute approximate surface area is 158 Å². The molecule has 27 heavy (non-hydrogen) atoms. The van der Waals surface area contributed by atoms with Crippen molar-refractivity contribution >= 4 is 40.5 Å². The zero-order valence-corrected chi connectivity index (χ0v) is 14.8. The molecular formula is C20H14N2O4S. The standard InChI is InChI=1S/C20H14N2O4S/c23-18(11-6-14-3-1-4-17(13-14)22(25)26)15-7-9-16(10-8-15)21-20(24)19-5-2-12-27-19/h1-13H,(H,21,24)/b11-6+. The van der Waals surface area contributed by atoms with Gasteiger partial charge in [0.1, 0.15) is 0 Å². The highest BCUT2D eigenvalue weighted by Gasteiger charge is 2.08. The molecule has 0 saturated heterocycles. The van der Waals surface area contributed by atoms with E-state index < -0.39 is 4.92 Å².